The van der Waals surface area contributed by atoms with E-state index in [1.807, 2.05) is 20.8 Å². The molecule has 70 valence electrons. The average molecular weight is 171 g/mol. The molecule has 3 nitrogen and oxygen atoms in total. The maximum Gasteiger partial charge on any atom is 0.307 e. The minimum atomic E-state index is -0.346. The summed E-state index contributed by atoms with van der Waals surface area (Å²) in [5, 5.41) is 3.16. The van der Waals surface area contributed by atoms with Crippen molar-refractivity contribution in [3.8, 4) is 0 Å². The molecule has 0 bridgehead atoms. The van der Waals surface area contributed by atoms with Crippen molar-refractivity contribution in [3.63, 3.8) is 0 Å². The van der Waals surface area contributed by atoms with Crippen molar-refractivity contribution in [3.05, 3.63) is 0 Å². The number of carbonyl (C=O) groups excluding carboxylic acids is 1. The van der Waals surface area contributed by atoms with E-state index in [9.17, 15) is 4.79 Å². The first-order chi connectivity index (χ1) is 5.47. The highest BCUT2D eigenvalue weighted by atomic mass is 16.6. The van der Waals surface area contributed by atoms with Gasteiger partial charge < -0.3 is 10.1 Å². The van der Waals surface area contributed by atoms with Crippen LogP contribution in [0.2, 0.25) is 0 Å². The Morgan fingerprint density at radius 3 is 2.50 bits per heavy atom. The zero-order valence-corrected chi connectivity index (χ0v) is 8.02. The summed E-state index contributed by atoms with van der Waals surface area (Å²) in [7, 11) is 0. The monoisotopic (exact) mass is 171 g/mol. The van der Waals surface area contributed by atoms with Crippen LogP contribution < -0.4 is 5.32 Å². The second-order valence-corrected chi connectivity index (χ2v) is 4.23. The molecule has 1 aliphatic heterocycles. The second-order valence-electron chi connectivity index (χ2n) is 4.23. The lowest BCUT2D eigenvalue weighted by Gasteiger charge is -2.28. The second kappa shape index (κ2) is 3.44. The first kappa shape index (κ1) is 9.52. The van der Waals surface area contributed by atoms with Crippen LogP contribution in [-0.2, 0) is 9.53 Å². The summed E-state index contributed by atoms with van der Waals surface area (Å²) in [4.78, 5) is 11.2. The van der Waals surface area contributed by atoms with E-state index in [1.165, 1.54) is 0 Å². The van der Waals surface area contributed by atoms with Gasteiger partial charge in [-0.15, -0.1) is 0 Å². The van der Waals surface area contributed by atoms with Crippen molar-refractivity contribution in [2.75, 3.05) is 6.54 Å². The van der Waals surface area contributed by atoms with E-state index >= 15 is 0 Å². The lowest BCUT2D eigenvalue weighted by molar-refractivity contribution is -0.155. The van der Waals surface area contributed by atoms with Gasteiger partial charge in [-0.1, -0.05) is 0 Å². The van der Waals surface area contributed by atoms with Crippen LogP contribution in [0.3, 0.4) is 0 Å². The Kier molecular flexibility index (Phi) is 2.73. The number of rotatable bonds is 2. The molecule has 0 aromatic heterocycles. The van der Waals surface area contributed by atoms with Gasteiger partial charge >= 0.3 is 5.97 Å². The molecule has 1 N–H and O–H groups in total. The van der Waals surface area contributed by atoms with Gasteiger partial charge in [0.2, 0.25) is 0 Å². The van der Waals surface area contributed by atoms with Crippen LogP contribution in [0.25, 0.3) is 0 Å². The molecule has 0 amide bonds. The lowest BCUT2D eigenvalue weighted by atomic mass is 10.0. The maximum absolute atomic E-state index is 11.2. The largest absolute Gasteiger partial charge is 0.460 e. The number of ether oxygens (including phenoxy) is 1. The number of carbonyl (C=O) groups is 1. The summed E-state index contributed by atoms with van der Waals surface area (Å²) in [6, 6.07) is 0.361. The van der Waals surface area contributed by atoms with E-state index in [1.54, 1.807) is 0 Å². The summed E-state index contributed by atoms with van der Waals surface area (Å²) >= 11 is 0. The minimum Gasteiger partial charge on any atom is -0.460 e. The van der Waals surface area contributed by atoms with E-state index < -0.39 is 0 Å². The molecule has 0 aromatic carbocycles. The summed E-state index contributed by atoms with van der Waals surface area (Å²) < 4.78 is 5.17. The van der Waals surface area contributed by atoms with Gasteiger partial charge in [0.25, 0.3) is 0 Å². The normalized spacial score (nSPS) is 23.1. The van der Waals surface area contributed by atoms with Gasteiger partial charge in [-0.25, -0.2) is 0 Å². The molecule has 0 spiro atoms. The van der Waals surface area contributed by atoms with Gasteiger partial charge in [-0.3, -0.25) is 4.79 Å². The molecule has 1 heterocycles. The Balaban J connectivity index is 2.19. The van der Waals surface area contributed by atoms with Crippen LogP contribution in [0, 0.1) is 0 Å². The standard InChI is InChI=1S/C9H17NO2/c1-9(2,3)12-8(11)6-7-4-5-10-7/h7,10H,4-6H2,1-3H3. The van der Waals surface area contributed by atoms with Crippen molar-refractivity contribution >= 4 is 5.97 Å². The van der Waals surface area contributed by atoms with Gasteiger partial charge in [0.1, 0.15) is 5.60 Å². The summed E-state index contributed by atoms with van der Waals surface area (Å²) in [6.45, 7) is 6.70. The van der Waals surface area contributed by atoms with Crippen LogP contribution in [0.4, 0.5) is 0 Å². The predicted molar refractivity (Wildman–Crippen MR) is 46.9 cm³/mol. The third-order valence-corrected chi connectivity index (χ3v) is 1.76. The van der Waals surface area contributed by atoms with Gasteiger partial charge in [-0.2, -0.15) is 0 Å². The molecular formula is C9H17NO2. The van der Waals surface area contributed by atoms with E-state index in [0.717, 1.165) is 13.0 Å². The molecule has 1 atom stereocenters. The van der Waals surface area contributed by atoms with Gasteiger partial charge in [-0.05, 0) is 33.7 Å². The highest BCUT2D eigenvalue weighted by Crippen LogP contribution is 2.12. The van der Waals surface area contributed by atoms with Crippen molar-refractivity contribution < 1.29 is 9.53 Å². The minimum absolute atomic E-state index is 0.0975. The molecule has 1 saturated heterocycles. The molecule has 1 fully saturated rings. The summed E-state index contributed by atoms with van der Waals surface area (Å²) in [6.07, 6.45) is 1.61. The quantitative estimate of drug-likeness (QED) is 0.632. The zero-order chi connectivity index (χ0) is 9.19. The fourth-order valence-electron chi connectivity index (χ4n) is 1.11. The van der Waals surface area contributed by atoms with Crippen molar-refractivity contribution in [1.82, 2.24) is 5.32 Å². The third-order valence-electron chi connectivity index (χ3n) is 1.76. The zero-order valence-electron chi connectivity index (χ0n) is 8.02. The highest BCUT2D eigenvalue weighted by molar-refractivity contribution is 5.70. The number of hydrogen-bond donors (Lipinski definition) is 1. The Morgan fingerprint density at radius 2 is 2.17 bits per heavy atom. The molecule has 12 heavy (non-hydrogen) atoms. The van der Waals surface area contributed by atoms with Crippen LogP contribution in [0.1, 0.15) is 33.6 Å². The predicted octanol–water partition coefficient (Wildman–Crippen LogP) is 1.08. The van der Waals surface area contributed by atoms with Gasteiger partial charge in [0.05, 0.1) is 6.42 Å². The van der Waals surface area contributed by atoms with E-state index in [4.69, 9.17) is 4.74 Å². The molecule has 0 saturated carbocycles. The van der Waals surface area contributed by atoms with Crippen molar-refractivity contribution in [2.24, 2.45) is 0 Å². The summed E-state index contributed by atoms with van der Waals surface area (Å²) in [5.74, 6) is -0.0975. The number of hydrogen-bond acceptors (Lipinski definition) is 3. The van der Waals surface area contributed by atoms with Crippen LogP contribution in [0.15, 0.2) is 0 Å². The van der Waals surface area contributed by atoms with E-state index in [-0.39, 0.29) is 11.6 Å². The van der Waals surface area contributed by atoms with Crippen LogP contribution in [-0.4, -0.2) is 24.2 Å². The van der Waals surface area contributed by atoms with E-state index in [2.05, 4.69) is 5.32 Å². The molecule has 1 aliphatic rings. The Labute approximate surface area is 73.5 Å². The Morgan fingerprint density at radius 1 is 1.58 bits per heavy atom. The smallest absolute Gasteiger partial charge is 0.307 e. The topological polar surface area (TPSA) is 38.3 Å². The van der Waals surface area contributed by atoms with Crippen molar-refractivity contribution in [2.45, 2.75) is 45.3 Å². The lowest BCUT2D eigenvalue weighted by Crippen LogP contribution is -2.44. The van der Waals surface area contributed by atoms with Crippen LogP contribution in [0.5, 0.6) is 0 Å². The number of nitrogens with one attached hydrogen (secondary N) is 1. The van der Waals surface area contributed by atoms with Crippen LogP contribution >= 0.6 is 0 Å². The number of esters is 1. The van der Waals surface area contributed by atoms with Gasteiger partial charge in [0, 0.05) is 6.04 Å². The molecule has 0 aliphatic carbocycles. The fourth-order valence-corrected chi connectivity index (χ4v) is 1.11. The van der Waals surface area contributed by atoms with Gasteiger partial charge in [0.15, 0.2) is 0 Å². The first-order valence-corrected chi connectivity index (χ1v) is 4.42. The first-order valence-electron chi connectivity index (χ1n) is 4.42. The molecular weight excluding hydrogens is 154 g/mol. The molecule has 1 unspecified atom stereocenters. The molecule has 0 radical (unpaired) electrons. The maximum atomic E-state index is 11.2. The average Bonchev–Trinajstić information content (AvgIpc) is 1.74. The fraction of sp³-hybridized carbons (Fsp3) is 0.889. The summed E-state index contributed by atoms with van der Waals surface area (Å²) in [5.41, 5.74) is -0.346. The Hall–Kier alpha value is -0.570. The van der Waals surface area contributed by atoms with Crippen molar-refractivity contribution in [1.29, 1.82) is 0 Å². The highest BCUT2D eigenvalue weighted by Gasteiger charge is 2.23. The SMILES string of the molecule is CC(C)(C)OC(=O)CC1CCN1. The van der Waals surface area contributed by atoms with E-state index in [0.29, 0.717) is 12.5 Å². The third kappa shape index (κ3) is 3.22. The molecule has 0 aromatic rings. The Bertz CT molecular complexity index is 168. The molecule has 3 heteroatoms. The molecule has 1 rings (SSSR count).